The fraction of sp³-hybridized carbons (Fsp3) is 0.556. The van der Waals surface area contributed by atoms with E-state index in [1.54, 1.807) is 29.5 Å². The van der Waals surface area contributed by atoms with Crippen LogP contribution in [0.5, 0.6) is 6.01 Å². The molecule has 25 heavy (non-hydrogen) atoms. The predicted molar refractivity (Wildman–Crippen MR) is 91.1 cm³/mol. The predicted octanol–water partition coefficient (Wildman–Crippen LogP) is 1.84. The van der Waals surface area contributed by atoms with Crippen molar-refractivity contribution in [3.05, 3.63) is 36.2 Å². The molecule has 1 aliphatic carbocycles. The number of fused-ring (bicyclic) bond motifs is 1. The summed E-state index contributed by atoms with van der Waals surface area (Å²) in [6, 6.07) is 0.417. The maximum Gasteiger partial charge on any atom is 0.316 e. The summed E-state index contributed by atoms with van der Waals surface area (Å²) in [5.74, 6) is 0.492. The number of carbonyl (C=O) groups is 1. The Hall–Kier alpha value is -2.44. The summed E-state index contributed by atoms with van der Waals surface area (Å²) in [5.41, 5.74) is 1.54. The third-order valence-corrected chi connectivity index (χ3v) is 5.50. The van der Waals surface area contributed by atoms with Crippen LogP contribution in [0.3, 0.4) is 0 Å². The van der Waals surface area contributed by atoms with Gasteiger partial charge in [0, 0.05) is 44.1 Å². The minimum Gasteiger partial charge on any atom is -0.463 e. The lowest BCUT2D eigenvalue weighted by Crippen LogP contribution is -2.36. The molecule has 2 unspecified atom stereocenters. The molecule has 1 saturated carbocycles. The first-order valence-corrected chi connectivity index (χ1v) is 8.74. The quantitative estimate of drug-likeness (QED) is 0.848. The van der Waals surface area contributed by atoms with Gasteiger partial charge in [-0.25, -0.2) is 15.0 Å². The van der Waals surface area contributed by atoms with E-state index in [1.165, 1.54) is 6.42 Å². The SMILES string of the molecule is Cc1cnc(OCC23CCCC2CN(C(=O)c2cn(C)cn2)C3)nc1. The molecule has 0 bridgehead atoms. The third-order valence-electron chi connectivity index (χ3n) is 5.50. The standard InChI is InChI=1S/C18H23N5O2/c1-13-6-19-17(20-7-13)25-11-18-5-3-4-14(18)8-23(10-18)16(24)15-9-22(2)12-21-15/h6-7,9,12,14H,3-5,8,10-11H2,1-2H3. The second kappa shape index (κ2) is 6.13. The highest BCUT2D eigenvalue weighted by Crippen LogP contribution is 2.49. The Bertz CT molecular complexity index is 772. The molecular weight excluding hydrogens is 318 g/mol. The first-order chi connectivity index (χ1) is 12.1. The minimum atomic E-state index is 0.0126. The number of carbonyl (C=O) groups excluding carboxylic acids is 1. The number of nitrogens with zero attached hydrogens (tertiary/aromatic N) is 5. The summed E-state index contributed by atoms with van der Waals surface area (Å²) < 4.78 is 7.71. The van der Waals surface area contributed by atoms with Gasteiger partial charge in [-0.05, 0) is 31.2 Å². The zero-order valence-electron chi connectivity index (χ0n) is 14.7. The van der Waals surface area contributed by atoms with Crippen molar-refractivity contribution >= 4 is 5.91 Å². The van der Waals surface area contributed by atoms with E-state index >= 15 is 0 Å². The summed E-state index contributed by atoms with van der Waals surface area (Å²) in [4.78, 5) is 27.3. The molecular formula is C18H23N5O2. The van der Waals surface area contributed by atoms with E-state index in [0.29, 0.717) is 24.2 Å². The van der Waals surface area contributed by atoms with Crippen molar-refractivity contribution in [3.8, 4) is 6.01 Å². The third kappa shape index (κ3) is 2.99. The second-order valence-electron chi connectivity index (χ2n) is 7.39. The Morgan fingerprint density at radius 1 is 1.36 bits per heavy atom. The van der Waals surface area contributed by atoms with Crippen LogP contribution in [-0.4, -0.2) is 50.0 Å². The molecule has 2 fully saturated rings. The zero-order chi connectivity index (χ0) is 17.4. The molecule has 0 radical (unpaired) electrons. The van der Waals surface area contributed by atoms with Crippen LogP contribution in [0.25, 0.3) is 0 Å². The highest BCUT2D eigenvalue weighted by atomic mass is 16.5. The van der Waals surface area contributed by atoms with E-state index in [9.17, 15) is 4.79 Å². The van der Waals surface area contributed by atoms with Crippen LogP contribution in [0.4, 0.5) is 0 Å². The molecule has 1 amide bonds. The molecule has 0 aromatic carbocycles. The van der Waals surface area contributed by atoms with Crippen molar-refractivity contribution in [1.29, 1.82) is 0 Å². The Morgan fingerprint density at radius 3 is 2.88 bits per heavy atom. The summed E-state index contributed by atoms with van der Waals surface area (Å²) in [7, 11) is 1.87. The molecule has 3 heterocycles. The maximum atomic E-state index is 12.7. The van der Waals surface area contributed by atoms with Crippen molar-refractivity contribution in [1.82, 2.24) is 24.4 Å². The van der Waals surface area contributed by atoms with Gasteiger partial charge < -0.3 is 14.2 Å². The number of hydrogen-bond donors (Lipinski definition) is 0. The zero-order valence-corrected chi connectivity index (χ0v) is 14.7. The van der Waals surface area contributed by atoms with E-state index in [-0.39, 0.29) is 11.3 Å². The van der Waals surface area contributed by atoms with Crippen molar-refractivity contribution < 1.29 is 9.53 Å². The van der Waals surface area contributed by atoms with Gasteiger partial charge in [0.1, 0.15) is 5.69 Å². The molecule has 0 spiro atoms. The average Bonchev–Trinajstić information content (AvgIpc) is 3.27. The van der Waals surface area contributed by atoms with Gasteiger partial charge >= 0.3 is 6.01 Å². The van der Waals surface area contributed by atoms with E-state index in [0.717, 1.165) is 31.5 Å². The lowest BCUT2D eigenvalue weighted by molar-refractivity contribution is 0.0737. The fourth-order valence-corrected chi connectivity index (χ4v) is 4.15. The smallest absolute Gasteiger partial charge is 0.316 e. The van der Waals surface area contributed by atoms with E-state index < -0.39 is 0 Å². The lowest BCUT2D eigenvalue weighted by Gasteiger charge is -2.28. The van der Waals surface area contributed by atoms with E-state index in [4.69, 9.17) is 4.74 Å². The number of rotatable bonds is 4. The number of aryl methyl sites for hydroxylation is 2. The number of likely N-dealkylation sites (tertiary alicyclic amines) is 1. The molecule has 2 aliphatic rings. The van der Waals surface area contributed by atoms with Gasteiger partial charge in [-0.15, -0.1) is 0 Å². The number of imidazole rings is 1. The molecule has 4 rings (SSSR count). The normalized spacial score (nSPS) is 25.2. The molecule has 7 heteroatoms. The minimum absolute atomic E-state index is 0.0126. The molecule has 1 saturated heterocycles. The van der Waals surface area contributed by atoms with Gasteiger partial charge in [0.2, 0.25) is 0 Å². The molecule has 0 N–H and O–H groups in total. The first kappa shape index (κ1) is 16.1. The first-order valence-electron chi connectivity index (χ1n) is 8.74. The van der Waals surface area contributed by atoms with Crippen LogP contribution < -0.4 is 4.74 Å². The van der Waals surface area contributed by atoms with Gasteiger partial charge in [-0.1, -0.05) is 6.42 Å². The second-order valence-corrected chi connectivity index (χ2v) is 7.39. The number of ether oxygens (including phenoxy) is 1. The molecule has 2 aromatic rings. The van der Waals surface area contributed by atoms with Crippen LogP contribution in [0.2, 0.25) is 0 Å². The Labute approximate surface area is 147 Å². The van der Waals surface area contributed by atoms with E-state index in [1.807, 2.05) is 18.9 Å². The van der Waals surface area contributed by atoms with Crippen molar-refractivity contribution in [2.24, 2.45) is 18.4 Å². The Kier molecular flexibility index (Phi) is 3.94. The van der Waals surface area contributed by atoms with Crippen LogP contribution in [0, 0.1) is 18.3 Å². The number of aromatic nitrogens is 4. The molecule has 2 aromatic heterocycles. The van der Waals surface area contributed by atoms with Gasteiger partial charge in [-0.2, -0.15) is 0 Å². The van der Waals surface area contributed by atoms with Gasteiger partial charge in [0.05, 0.1) is 12.9 Å². The molecule has 1 aliphatic heterocycles. The monoisotopic (exact) mass is 341 g/mol. The van der Waals surface area contributed by atoms with Crippen molar-refractivity contribution in [2.45, 2.75) is 26.2 Å². The maximum absolute atomic E-state index is 12.7. The topological polar surface area (TPSA) is 73.1 Å². The summed E-state index contributed by atoms with van der Waals surface area (Å²) in [6.07, 6.45) is 10.4. The van der Waals surface area contributed by atoms with Crippen LogP contribution in [0.1, 0.15) is 35.3 Å². The van der Waals surface area contributed by atoms with Crippen LogP contribution in [0.15, 0.2) is 24.9 Å². The van der Waals surface area contributed by atoms with Crippen LogP contribution >= 0.6 is 0 Å². The summed E-state index contributed by atoms with van der Waals surface area (Å²) in [5, 5.41) is 0. The van der Waals surface area contributed by atoms with Crippen LogP contribution in [-0.2, 0) is 7.05 Å². The van der Waals surface area contributed by atoms with Crippen molar-refractivity contribution in [2.75, 3.05) is 19.7 Å². The van der Waals surface area contributed by atoms with Gasteiger partial charge in [0.25, 0.3) is 5.91 Å². The fourth-order valence-electron chi connectivity index (χ4n) is 4.15. The summed E-state index contributed by atoms with van der Waals surface area (Å²) in [6.45, 7) is 4.02. The summed E-state index contributed by atoms with van der Waals surface area (Å²) >= 11 is 0. The Balaban J connectivity index is 1.46. The Morgan fingerprint density at radius 2 is 2.16 bits per heavy atom. The lowest BCUT2D eigenvalue weighted by atomic mass is 9.82. The molecule has 132 valence electrons. The number of amides is 1. The molecule has 7 nitrogen and oxygen atoms in total. The van der Waals surface area contributed by atoms with Gasteiger partial charge in [0.15, 0.2) is 0 Å². The molecule has 2 atom stereocenters. The van der Waals surface area contributed by atoms with Crippen molar-refractivity contribution in [3.63, 3.8) is 0 Å². The highest BCUT2D eigenvalue weighted by molar-refractivity contribution is 5.92. The highest BCUT2D eigenvalue weighted by Gasteiger charge is 2.51. The van der Waals surface area contributed by atoms with E-state index in [2.05, 4.69) is 15.0 Å². The average molecular weight is 341 g/mol. The number of hydrogen-bond acceptors (Lipinski definition) is 5. The van der Waals surface area contributed by atoms with Gasteiger partial charge in [-0.3, -0.25) is 4.79 Å². The largest absolute Gasteiger partial charge is 0.463 e.